The Bertz CT molecular complexity index is 1660. The molecular weight excluding hydrogens is 1070 g/mol. The van der Waals surface area contributed by atoms with Gasteiger partial charge in [0.25, 0.3) is 7.82 Å². The predicted molar refractivity (Wildman–Crippen MR) is 365 cm³/mol. The molecule has 496 valence electrons. The number of phosphoric ester groups is 1. The molecule has 0 N–H and O–H groups in total. The number of ether oxygens (including phenoxy) is 2. The summed E-state index contributed by atoms with van der Waals surface area (Å²) in [7, 11) is 1.18. The lowest BCUT2D eigenvalue weighted by atomic mass is 10.0. The summed E-state index contributed by atoms with van der Waals surface area (Å²) < 4.78 is 34.3. The summed E-state index contributed by atoms with van der Waals surface area (Å²) in [6.07, 6.45) is 88.6. The fourth-order valence-corrected chi connectivity index (χ4v) is 11.2. The summed E-state index contributed by atoms with van der Waals surface area (Å²) >= 11 is 0. The molecule has 10 heteroatoms. The van der Waals surface area contributed by atoms with Gasteiger partial charge in [-0.15, -0.1) is 0 Å². The molecule has 2 atom stereocenters. The molecule has 2 unspecified atom stereocenters. The Balaban J connectivity index is 3.92. The molecule has 9 nitrogen and oxygen atoms in total. The van der Waals surface area contributed by atoms with Gasteiger partial charge in [0, 0.05) is 12.8 Å². The van der Waals surface area contributed by atoms with Gasteiger partial charge in [0.05, 0.1) is 27.7 Å². The maximum absolute atomic E-state index is 12.9. The van der Waals surface area contributed by atoms with Crippen LogP contribution in [0.25, 0.3) is 0 Å². The van der Waals surface area contributed by atoms with E-state index < -0.39 is 26.5 Å². The molecule has 85 heavy (non-hydrogen) atoms. The predicted octanol–water partition coefficient (Wildman–Crippen LogP) is 22.9. The third-order valence-electron chi connectivity index (χ3n) is 16.0. The molecule has 0 saturated carbocycles. The van der Waals surface area contributed by atoms with Crippen molar-refractivity contribution in [2.45, 2.75) is 347 Å². The number of rotatable bonds is 67. The zero-order valence-corrected chi connectivity index (χ0v) is 57.5. The van der Waals surface area contributed by atoms with Gasteiger partial charge < -0.3 is 27.9 Å². The minimum atomic E-state index is -4.64. The molecular formula is C75H138NO8P. The lowest BCUT2D eigenvalue weighted by Gasteiger charge is -2.28. The number of allylic oxidation sites excluding steroid dienone is 12. The molecule has 0 aliphatic rings. The van der Waals surface area contributed by atoms with E-state index in [4.69, 9.17) is 18.5 Å². The van der Waals surface area contributed by atoms with Crippen LogP contribution in [0.5, 0.6) is 0 Å². The van der Waals surface area contributed by atoms with Crippen molar-refractivity contribution < 1.29 is 42.1 Å². The zero-order chi connectivity index (χ0) is 61.9. The number of carbonyl (C=O) groups is 2. The quantitative estimate of drug-likeness (QED) is 0.0195. The zero-order valence-electron chi connectivity index (χ0n) is 56.6. The molecule has 0 radical (unpaired) electrons. The van der Waals surface area contributed by atoms with Crippen LogP contribution in [0.4, 0.5) is 0 Å². The number of phosphoric acid groups is 1. The fraction of sp³-hybridized carbons (Fsp3) is 0.813. The lowest BCUT2D eigenvalue weighted by molar-refractivity contribution is -0.870. The van der Waals surface area contributed by atoms with Crippen LogP contribution in [0.1, 0.15) is 341 Å². The Kier molecular flexibility index (Phi) is 63.9. The number of nitrogens with zero attached hydrogens (tertiary/aromatic N) is 1. The standard InChI is InChI=1S/C75H138NO8P/c1-6-8-10-12-14-16-18-20-22-24-26-28-29-30-31-32-33-34-35-36-37-38-39-40-41-42-43-44-45-46-47-48-50-52-54-56-58-60-62-64-66-68-75(78)84-73(72-83-85(79,80)82-70-69-76(3,4)5)71-81-74(77)67-65-63-61-59-57-55-53-51-49-27-25-23-21-19-17-15-13-11-9-7-2/h8,10,14,16,20,22,26,28,30-31,33-34,73H,6-7,9,11-13,15,17-19,21,23-25,27,29,32,35-72H2,1-5H3/b10-8-,16-14-,22-20-,28-26-,31-30-,34-33-. The first kappa shape index (κ1) is 82.5. The smallest absolute Gasteiger partial charge is 0.306 e. The molecule has 0 bridgehead atoms. The van der Waals surface area contributed by atoms with E-state index in [2.05, 4.69) is 86.8 Å². The summed E-state index contributed by atoms with van der Waals surface area (Å²) in [4.78, 5) is 38.0. The van der Waals surface area contributed by atoms with Gasteiger partial charge in [-0.05, 0) is 64.2 Å². The second-order valence-corrected chi connectivity index (χ2v) is 27.0. The topological polar surface area (TPSA) is 111 Å². The average molecular weight is 1210 g/mol. The molecule has 0 spiro atoms. The van der Waals surface area contributed by atoms with Crippen LogP contribution in [0.15, 0.2) is 72.9 Å². The van der Waals surface area contributed by atoms with Crippen molar-refractivity contribution in [1.29, 1.82) is 0 Å². The third kappa shape index (κ3) is 70.4. The number of likely N-dealkylation sites (N-methyl/N-ethyl adjacent to an activating group) is 1. The van der Waals surface area contributed by atoms with E-state index in [-0.39, 0.29) is 32.0 Å². The number of quaternary nitrogens is 1. The Hall–Kier alpha value is -2.55. The number of esters is 2. The Morgan fingerprint density at radius 3 is 1.00 bits per heavy atom. The van der Waals surface area contributed by atoms with E-state index in [1.807, 2.05) is 21.1 Å². The molecule has 0 amide bonds. The first-order valence-electron chi connectivity index (χ1n) is 36.1. The summed E-state index contributed by atoms with van der Waals surface area (Å²) in [5.41, 5.74) is 0. The molecule has 0 heterocycles. The molecule has 0 saturated heterocycles. The van der Waals surface area contributed by atoms with Crippen molar-refractivity contribution in [1.82, 2.24) is 0 Å². The van der Waals surface area contributed by atoms with Gasteiger partial charge in [-0.3, -0.25) is 14.2 Å². The van der Waals surface area contributed by atoms with Crippen molar-refractivity contribution in [3.8, 4) is 0 Å². The maximum atomic E-state index is 12.9. The largest absolute Gasteiger partial charge is 0.756 e. The van der Waals surface area contributed by atoms with Crippen LogP contribution in [0.3, 0.4) is 0 Å². The van der Waals surface area contributed by atoms with Gasteiger partial charge in [-0.25, -0.2) is 0 Å². The van der Waals surface area contributed by atoms with Crippen molar-refractivity contribution >= 4 is 19.8 Å². The van der Waals surface area contributed by atoms with E-state index in [0.717, 1.165) is 70.6 Å². The molecule has 0 aromatic carbocycles. The second-order valence-electron chi connectivity index (χ2n) is 25.6. The third-order valence-corrected chi connectivity index (χ3v) is 17.0. The highest BCUT2D eigenvalue weighted by Crippen LogP contribution is 2.38. The highest BCUT2D eigenvalue weighted by Gasteiger charge is 2.22. The monoisotopic (exact) mass is 1210 g/mol. The normalized spacial score (nSPS) is 13.5. The van der Waals surface area contributed by atoms with Gasteiger partial charge in [-0.1, -0.05) is 337 Å². The van der Waals surface area contributed by atoms with E-state index >= 15 is 0 Å². The summed E-state index contributed by atoms with van der Waals surface area (Å²) in [5, 5.41) is 0. The molecule has 0 aromatic heterocycles. The van der Waals surface area contributed by atoms with E-state index in [1.54, 1.807) is 0 Å². The van der Waals surface area contributed by atoms with Crippen molar-refractivity contribution in [3.63, 3.8) is 0 Å². The van der Waals surface area contributed by atoms with E-state index in [1.165, 1.54) is 238 Å². The van der Waals surface area contributed by atoms with Gasteiger partial charge in [0.2, 0.25) is 0 Å². The van der Waals surface area contributed by atoms with Crippen molar-refractivity contribution in [2.24, 2.45) is 0 Å². The number of hydrogen-bond donors (Lipinski definition) is 0. The Labute approximate surface area is 527 Å². The summed E-state index contributed by atoms with van der Waals surface area (Å²) in [6, 6.07) is 0. The van der Waals surface area contributed by atoms with E-state index in [9.17, 15) is 19.0 Å². The van der Waals surface area contributed by atoms with Crippen LogP contribution in [-0.2, 0) is 32.7 Å². The van der Waals surface area contributed by atoms with Crippen LogP contribution in [0.2, 0.25) is 0 Å². The maximum Gasteiger partial charge on any atom is 0.306 e. The highest BCUT2D eigenvalue weighted by atomic mass is 31.2. The number of hydrogen-bond acceptors (Lipinski definition) is 8. The highest BCUT2D eigenvalue weighted by molar-refractivity contribution is 7.45. The first-order valence-corrected chi connectivity index (χ1v) is 37.6. The minimum Gasteiger partial charge on any atom is -0.756 e. The summed E-state index contributed by atoms with van der Waals surface area (Å²) in [6.45, 7) is 4.18. The van der Waals surface area contributed by atoms with Crippen LogP contribution in [0, 0.1) is 0 Å². The van der Waals surface area contributed by atoms with Gasteiger partial charge in [-0.2, -0.15) is 0 Å². The molecule has 0 fully saturated rings. The Morgan fingerprint density at radius 1 is 0.376 bits per heavy atom. The van der Waals surface area contributed by atoms with Crippen LogP contribution >= 0.6 is 7.82 Å². The number of unbranched alkanes of at least 4 members (excludes halogenated alkanes) is 41. The fourth-order valence-electron chi connectivity index (χ4n) is 10.5. The lowest BCUT2D eigenvalue weighted by Crippen LogP contribution is -2.37. The molecule has 0 aliphatic carbocycles. The average Bonchev–Trinajstić information content (AvgIpc) is 3.51. The molecule has 0 rings (SSSR count). The van der Waals surface area contributed by atoms with E-state index in [0.29, 0.717) is 17.4 Å². The molecule has 0 aliphatic heterocycles. The SMILES string of the molecule is CC/C=C\C/C=C\C/C=C\C/C=C\C/C=C\C/C=C\CCCCCCCCCCCCCCCCCCCCCCCCC(=O)OC(COC(=O)CCCCCCCCCCCCCCCCCCCCCC)COP(=O)([O-])OCC[N+](C)(C)C. The molecule has 0 aromatic rings. The minimum absolute atomic E-state index is 0.0285. The first-order chi connectivity index (χ1) is 41.5. The van der Waals surface area contributed by atoms with Gasteiger partial charge >= 0.3 is 11.9 Å². The van der Waals surface area contributed by atoms with Crippen LogP contribution in [-0.4, -0.2) is 70.0 Å². The van der Waals surface area contributed by atoms with Crippen molar-refractivity contribution in [2.75, 3.05) is 47.5 Å². The Morgan fingerprint density at radius 2 is 0.671 bits per heavy atom. The summed E-state index contributed by atoms with van der Waals surface area (Å²) in [5.74, 6) is -0.813. The van der Waals surface area contributed by atoms with Gasteiger partial charge in [0.15, 0.2) is 6.10 Å². The van der Waals surface area contributed by atoms with Gasteiger partial charge in [0.1, 0.15) is 19.8 Å². The number of carbonyl (C=O) groups excluding carboxylic acids is 2. The van der Waals surface area contributed by atoms with Crippen LogP contribution < -0.4 is 4.89 Å². The second kappa shape index (κ2) is 65.9. The van der Waals surface area contributed by atoms with Crippen molar-refractivity contribution in [3.05, 3.63) is 72.9 Å².